The van der Waals surface area contributed by atoms with Crippen LogP contribution in [0.2, 0.25) is 0 Å². The molecule has 1 aliphatic heterocycles. The highest BCUT2D eigenvalue weighted by Gasteiger charge is 2.42. The average Bonchev–Trinajstić information content (AvgIpc) is 2.61. The van der Waals surface area contributed by atoms with E-state index in [2.05, 4.69) is 30.8 Å². The Morgan fingerprint density at radius 3 is 2.54 bits per heavy atom. The molecular formula is C20H34N2O2. The summed E-state index contributed by atoms with van der Waals surface area (Å²) in [6.45, 7) is 9.12. The van der Waals surface area contributed by atoms with Crippen molar-refractivity contribution in [2.24, 2.45) is 17.8 Å². The fourth-order valence-corrected chi connectivity index (χ4v) is 4.95. The van der Waals surface area contributed by atoms with Crippen LogP contribution in [0.1, 0.15) is 65.2 Å². The number of nitrogens with one attached hydrogen (secondary N) is 1. The first-order valence-corrected chi connectivity index (χ1v) is 9.94. The van der Waals surface area contributed by atoms with E-state index in [-0.39, 0.29) is 18.1 Å². The highest BCUT2D eigenvalue weighted by atomic mass is 16.7. The molecular weight excluding hydrogens is 300 g/mol. The molecule has 1 N–H and O–H groups in total. The lowest BCUT2D eigenvalue weighted by atomic mass is 9.78. The number of hydroxylamine groups is 2. The normalized spacial score (nSPS) is 37.7. The van der Waals surface area contributed by atoms with Crippen molar-refractivity contribution in [1.29, 1.82) is 0 Å². The number of hydrogen-bond acceptors (Lipinski definition) is 3. The van der Waals surface area contributed by atoms with E-state index >= 15 is 0 Å². The molecule has 0 aromatic heterocycles. The zero-order valence-corrected chi connectivity index (χ0v) is 15.4. The maximum atomic E-state index is 11.9. The van der Waals surface area contributed by atoms with Crippen molar-refractivity contribution >= 4 is 5.91 Å². The van der Waals surface area contributed by atoms with Crippen LogP contribution in [0.4, 0.5) is 0 Å². The van der Waals surface area contributed by atoms with Crippen molar-refractivity contribution < 1.29 is 9.63 Å². The highest BCUT2D eigenvalue weighted by molar-refractivity contribution is 5.87. The maximum Gasteiger partial charge on any atom is 0.243 e. The summed E-state index contributed by atoms with van der Waals surface area (Å²) in [6.07, 6.45) is 11.5. The molecule has 1 heterocycles. The smallest absolute Gasteiger partial charge is 0.243 e. The van der Waals surface area contributed by atoms with Crippen molar-refractivity contribution in [3.05, 3.63) is 12.7 Å². The number of hydrogen-bond donors (Lipinski definition) is 1. The summed E-state index contributed by atoms with van der Waals surface area (Å²) in [5.41, 5.74) is 0. The van der Waals surface area contributed by atoms with Gasteiger partial charge in [-0.05, 0) is 56.4 Å². The van der Waals surface area contributed by atoms with Crippen molar-refractivity contribution in [2.75, 3.05) is 6.54 Å². The molecule has 3 atom stereocenters. The van der Waals surface area contributed by atoms with E-state index < -0.39 is 0 Å². The standard InChI is InChI=1S/C20H34N2O2/c1-4-20(23)21-18-13-22(24-19-8-6-5-7-17(18)19)16-11-9-15(10-12-16)14(2)3/h4,14-19H,1,5-13H2,2-3H3,(H,21,23). The molecule has 0 bridgehead atoms. The Labute approximate surface area is 147 Å². The van der Waals surface area contributed by atoms with Crippen molar-refractivity contribution in [1.82, 2.24) is 10.4 Å². The largest absolute Gasteiger partial charge is 0.348 e. The van der Waals surface area contributed by atoms with Crippen LogP contribution in [-0.2, 0) is 9.63 Å². The molecule has 0 spiro atoms. The summed E-state index contributed by atoms with van der Waals surface area (Å²) in [4.78, 5) is 18.3. The Bertz CT molecular complexity index is 443. The van der Waals surface area contributed by atoms with Crippen LogP contribution in [0, 0.1) is 17.8 Å². The maximum absolute atomic E-state index is 11.9. The number of carbonyl (C=O) groups is 1. The van der Waals surface area contributed by atoms with Crippen LogP contribution in [0.3, 0.4) is 0 Å². The molecule has 1 saturated heterocycles. The predicted octanol–water partition coefficient (Wildman–Crippen LogP) is 3.68. The Balaban J connectivity index is 1.64. The molecule has 4 nitrogen and oxygen atoms in total. The third-order valence-corrected chi connectivity index (χ3v) is 6.52. The summed E-state index contributed by atoms with van der Waals surface area (Å²) in [6, 6.07) is 0.725. The third-order valence-electron chi connectivity index (χ3n) is 6.52. The summed E-state index contributed by atoms with van der Waals surface area (Å²) in [5, 5.41) is 5.42. The molecule has 0 radical (unpaired) electrons. The topological polar surface area (TPSA) is 41.6 Å². The van der Waals surface area contributed by atoms with Gasteiger partial charge in [-0.3, -0.25) is 9.63 Å². The van der Waals surface area contributed by atoms with Gasteiger partial charge in [0, 0.05) is 24.5 Å². The minimum Gasteiger partial charge on any atom is -0.348 e. The first-order chi connectivity index (χ1) is 11.6. The van der Waals surface area contributed by atoms with Crippen LogP contribution in [0.25, 0.3) is 0 Å². The van der Waals surface area contributed by atoms with Crippen molar-refractivity contribution in [3.63, 3.8) is 0 Å². The van der Waals surface area contributed by atoms with Gasteiger partial charge in [0.05, 0.1) is 6.10 Å². The van der Waals surface area contributed by atoms with Crippen molar-refractivity contribution in [3.8, 4) is 0 Å². The first kappa shape index (κ1) is 17.9. The van der Waals surface area contributed by atoms with Crippen LogP contribution < -0.4 is 5.32 Å². The van der Waals surface area contributed by atoms with Gasteiger partial charge in [0.1, 0.15) is 0 Å². The fourth-order valence-electron chi connectivity index (χ4n) is 4.95. The number of amides is 1. The summed E-state index contributed by atoms with van der Waals surface area (Å²) in [5.74, 6) is 2.07. The molecule has 4 heteroatoms. The Kier molecular flexibility index (Phi) is 5.98. The summed E-state index contributed by atoms with van der Waals surface area (Å²) in [7, 11) is 0. The van der Waals surface area contributed by atoms with Gasteiger partial charge >= 0.3 is 0 Å². The molecule has 2 saturated carbocycles. The molecule has 2 aliphatic carbocycles. The molecule has 24 heavy (non-hydrogen) atoms. The van der Waals surface area contributed by atoms with Crippen LogP contribution in [0.5, 0.6) is 0 Å². The minimum absolute atomic E-state index is 0.0466. The van der Waals surface area contributed by atoms with Gasteiger partial charge in [-0.2, -0.15) is 5.06 Å². The van der Waals surface area contributed by atoms with Gasteiger partial charge in [0.2, 0.25) is 5.91 Å². The number of fused-ring (bicyclic) bond motifs is 1. The van der Waals surface area contributed by atoms with Crippen LogP contribution in [0.15, 0.2) is 12.7 Å². The van der Waals surface area contributed by atoms with E-state index in [4.69, 9.17) is 4.84 Å². The number of rotatable bonds is 4. The summed E-state index contributed by atoms with van der Waals surface area (Å²) >= 11 is 0. The van der Waals surface area contributed by atoms with E-state index in [0.29, 0.717) is 12.0 Å². The van der Waals surface area contributed by atoms with Gasteiger partial charge in [-0.25, -0.2) is 0 Å². The SMILES string of the molecule is C=CC(=O)NC1CN(C2CCC(C(C)C)CC2)OC2CCCCC12. The predicted molar refractivity (Wildman–Crippen MR) is 96.2 cm³/mol. The van der Waals surface area contributed by atoms with E-state index in [1.807, 2.05) is 0 Å². The van der Waals surface area contributed by atoms with E-state index in [9.17, 15) is 4.79 Å². The molecule has 1 amide bonds. The van der Waals surface area contributed by atoms with E-state index in [1.165, 1.54) is 51.0 Å². The zero-order valence-electron chi connectivity index (χ0n) is 15.4. The molecule has 0 aromatic carbocycles. The lowest BCUT2D eigenvalue weighted by Crippen LogP contribution is -2.60. The first-order valence-electron chi connectivity index (χ1n) is 9.94. The summed E-state index contributed by atoms with van der Waals surface area (Å²) < 4.78 is 0. The van der Waals surface area contributed by atoms with Gasteiger partial charge in [0.25, 0.3) is 0 Å². The highest BCUT2D eigenvalue weighted by Crippen LogP contribution is 2.38. The minimum atomic E-state index is -0.0466. The van der Waals surface area contributed by atoms with Crippen LogP contribution in [-0.4, -0.2) is 35.7 Å². The lowest BCUT2D eigenvalue weighted by Gasteiger charge is -2.49. The Hall–Kier alpha value is -0.870. The fraction of sp³-hybridized carbons (Fsp3) is 0.850. The second kappa shape index (κ2) is 8.01. The number of nitrogens with zero attached hydrogens (tertiary/aromatic N) is 1. The molecule has 136 valence electrons. The quantitative estimate of drug-likeness (QED) is 0.798. The molecule has 0 aromatic rings. The zero-order chi connectivity index (χ0) is 17.1. The monoisotopic (exact) mass is 334 g/mol. The Morgan fingerprint density at radius 2 is 1.88 bits per heavy atom. The lowest BCUT2D eigenvalue weighted by molar-refractivity contribution is -0.277. The van der Waals surface area contributed by atoms with Gasteiger partial charge in [-0.1, -0.05) is 33.3 Å². The van der Waals surface area contributed by atoms with Gasteiger partial charge < -0.3 is 5.32 Å². The molecule has 3 fully saturated rings. The average molecular weight is 335 g/mol. The van der Waals surface area contributed by atoms with Gasteiger partial charge in [-0.15, -0.1) is 0 Å². The van der Waals surface area contributed by atoms with E-state index in [0.717, 1.165) is 24.8 Å². The Morgan fingerprint density at radius 1 is 1.17 bits per heavy atom. The van der Waals surface area contributed by atoms with E-state index in [1.54, 1.807) is 0 Å². The number of carbonyl (C=O) groups excluding carboxylic acids is 1. The second-order valence-corrected chi connectivity index (χ2v) is 8.32. The van der Waals surface area contributed by atoms with Gasteiger partial charge in [0.15, 0.2) is 0 Å². The van der Waals surface area contributed by atoms with Crippen molar-refractivity contribution in [2.45, 2.75) is 83.4 Å². The molecule has 3 rings (SSSR count). The third kappa shape index (κ3) is 4.02. The van der Waals surface area contributed by atoms with Crippen LogP contribution >= 0.6 is 0 Å². The molecule has 3 unspecified atom stereocenters. The second-order valence-electron chi connectivity index (χ2n) is 8.32. The molecule has 3 aliphatic rings.